The van der Waals surface area contributed by atoms with Crippen molar-refractivity contribution in [3.63, 3.8) is 0 Å². The summed E-state index contributed by atoms with van der Waals surface area (Å²) in [6.45, 7) is 5.31. The van der Waals surface area contributed by atoms with Crippen molar-refractivity contribution in [3.8, 4) is 5.75 Å². The lowest BCUT2D eigenvalue weighted by Crippen LogP contribution is -2.33. The Balaban J connectivity index is 1.95. The van der Waals surface area contributed by atoms with Gasteiger partial charge in [-0.1, -0.05) is 26.0 Å². The van der Waals surface area contributed by atoms with E-state index in [1.807, 2.05) is 12.1 Å². The quantitative estimate of drug-likeness (QED) is 0.857. The molecular weight excluding hydrogens is 318 g/mol. The van der Waals surface area contributed by atoms with E-state index in [0.29, 0.717) is 35.4 Å². The summed E-state index contributed by atoms with van der Waals surface area (Å²) in [7, 11) is 1.55. The normalized spacial score (nSPS) is 20.6. The lowest BCUT2D eigenvalue weighted by Gasteiger charge is -2.26. The molecule has 5 heteroatoms. The van der Waals surface area contributed by atoms with Crippen LogP contribution in [0.4, 0.5) is 5.69 Å². The number of ether oxygens (including phenoxy) is 1. The number of rotatable bonds is 6. The first-order valence-corrected chi connectivity index (χ1v) is 8.57. The second-order valence-corrected chi connectivity index (χ2v) is 6.51. The molecule has 25 heavy (non-hydrogen) atoms. The Morgan fingerprint density at radius 2 is 1.76 bits per heavy atom. The van der Waals surface area contributed by atoms with Gasteiger partial charge in [0, 0.05) is 23.8 Å². The highest BCUT2D eigenvalue weighted by molar-refractivity contribution is 6.13. The maximum Gasteiger partial charge on any atom is 0.224 e. The molecule has 0 saturated carbocycles. The van der Waals surface area contributed by atoms with Crippen LogP contribution in [0.15, 0.2) is 35.4 Å². The molecule has 1 aromatic carbocycles. The Hall–Kier alpha value is -2.43. The monoisotopic (exact) mass is 343 g/mol. The summed E-state index contributed by atoms with van der Waals surface area (Å²) in [6.07, 6.45) is 1.25. The first kappa shape index (κ1) is 18.9. The summed E-state index contributed by atoms with van der Waals surface area (Å²) >= 11 is 0. The molecular formula is C20H25NO4. The van der Waals surface area contributed by atoms with E-state index in [-0.39, 0.29) is 35.7 Å². The lowest BCUT2D eigenvalue weighted by molar-refractivity contribution is -0.129. The second kappa shape index (κ2) is 8.10. The second-order valence-electron chi connectivity index (χ2n) is 6.51. The number of nitrogens with one attached hydrogen (secondary N) is 1. The third-order valence-corrected chi connectivity index (χ3v) is 4.91. The summed E-state index contributed by atoms with van der Waals surface area (Å²) in [6, 6.07) is 7.20. The summed E-state index contributed by atoms with van der Waals surface area (Å²) in [5.74, 6) is -0.00182. The molecule has 0 aromatic heterocycles. The van der Waals surface area contributed by atoms with Crippen LogP contribution in [-0.2, 0) is 14.4 Å². The highest BCUT2D eigenvalue weighted by atomic mass is 16.5. The maximum atomic E-state index is 12.4. The minimum atomic E-state index is -0.284. The molecule has 1 amide bonds. The minimum Gasteiger partial charge on any atom is -0.495 e. The van der Waals surface area contributed by atoms with Gasteiger partial charge >= 0.3 is 0 Å². The summed E-state index contributed by atoms with van der Waals surface area (Å²) in [5.41, 5.74) is 1.76. The van der Waals surface area contributed by atoms with Gasteiger partial charge in [-0.15, -0.1) is 0 Å². The van der Waals surface area contributed by atoms with Gasteiger partial charge in [-0.2, -0.15) is 0 Å². The van der Waals surface area contributed by atoms with E-state index in [0.717, 1.165) is 0 Å². The van der Waals surface area contributed by atoms with Crippen molar-refractivity contribution in [1.82, 2.24) is 0 Å². The number of para-hydroxylation sites is 2. The van der Waals surface area contributed by atoms with Crippen LogP contribution in [0.1, 0.15) is 40.0 Å². The Kier molecular flexibility index (Phi) is 6.12. The van der Waals surface area contributed by atoms with E-state index in [1.165, 1.54) is 0 Å². The van der Waals surface area contributed by atoms with E-state index < -0.39 is 0 Å². The van der Waals surface area contributed by atoms with Crippen molar-refractivity contribution in [1.29, 1.82) is 0 Å². The van der Waals surface area contributed by atoms with Crippen molar-refractivity contribution in [2.75, 3.05) is 12.4 Å². The van der Waals surface area contributed by atoms with Gasteiger partial charge in [-0.25, -0.2) is 0 Å². The molecule has 2 unspecified atom stereocenters. The SMILES string of the molecule is COc1ccccc1NC(=O)CCCC1=C(C)C(=O)C(C)C(C)C1=O. The number of anilines is 1. The first-order valence-electron chi connectivity index (χ1n) is 8.57. The Morgan fingerprint density at radius 3 is 2.44 bits per heavy atom. The number of methoxy groups -OCH3 is 1. The Bertz CT molecular complexity index is 720. The standard InChI is InChI=1S/C20H25NO4/c1-12-13(2)20(24)15(14(3)19(12)23)8-7-11-18(22)21-16-9-5-6-10-17(16)25-4/h5-6,9-10,12-13H,7-8,11H2,1-4H3,(H,21,22). The number of hydrogen-bond acceptors (Lipinski definition) is 4. The maximum absolute atomic E-state index is 12.4. The molecule has 1 aliphatic rings. The molecule has 1 aromatic rings. The van der Waals surface area contributed by atoms with Crippen molar-refractivity contribution in [3.05, 3.63) is 35.4 Å². The first-order chi connectivity index (χ1) is 11.9. The molecule has 0 spiro atoms. The number of hydrogen-bond donors (Lipinski definition) is 1. The molecule has 1 N–H and O–H groups in total. The van der Waals surface area contributed by atoms with E-state index in [9.17, 15) is 14.4 Å². The van der Waals surface area contributed by atoms with Crippen molar-refractivity contribution in [2.24, 2.45) is 11.8 Å². The minimum absolute atomic E-state index is 0.0368. The Morgan fingerprint density at radius 1 is 1.12 bits per heavy atom. The van der Waals surface area contributed by atoms with E-state index in [1.54, 1.807) is 40.0 Å². The fraction of sp³-hybridized carbons (Fsp3) is 0.450. The number of amides is 1. The topological polar surface area (TPSA) is 72.5 Å². The van der Waals surface area contributed by atoms with Gasteiger partial charge in [0.05, 0.1) is 12.8 Å². The number of allylic oxidation sites excluding steroid dienone is 2. The molecule has 0 radical (unpaired) electrons. The number of ketones is 2. The van der Waals surface area contributed by atoms with Crippen LogP contribution in [0.25, 0.3) is 0 Å². The van der Waals surface area contributed by atoms with Gasteiger partial charge in [0.25, 0.3) is 0 Å². The van der Waals surface area contributed by atoms with Gasteiger partial charge < -0.3 is 10.1 Å². The van der Waals surface area contributed by atoms with Gasteiger partial charge in [0.1, 0.15) is 5.75 Å². The molecule has 2 rings (SSSR count). The number of carbonyl (C=O) groups is 3. The molecule has 0 fully saturated rings. The fourth-order valence-corrected chi connectivity index (χ4v) is 3.10. The van der Waals surface area contributed by atoms with E-state index >= 15 is 0 Å². The Labute approximate surface area is 148 Å². The molecule has 1 aliphatic carbocycles. The number of carbonyl (C=O) groups excluding carboxylic acids is 3. The van der Waals surface area contributed by atoms with Crippen molar-refractivity contribution in [2.45, 2.75) is 40.0 Å². The van der Waals surface area contributed by atoms with Gasteiger partial charge in [0.15, 0.2) is 11.6 Å². The zero-order valence-corrected chi connectivity index (χ0v) is 15.2. The van der Waals surface area contributed by atoms with Gasteiger partial charge in [-0.05, 0) is 37.5 Å². The smallest absolute Gasteiger partial charge is 0.224 e. The predicted octanol–water partition coefficient (Wildman–Crippen LogP) is 3.54. The molecule has 2 atom stereocenters. The van der Waals surface area contributed by atoms with Gasteiger partial charge in [-0.3, -0.25) is 14.4 Å². The molecule has 0 aliphatic heterocycles. The lowest BCUT2D eigenvalue weighted by atomic mass is 9.75. The van der Waals surface area contributed by atoms with Crippen LogP contribution >= 0.6 is 0 Å². The molecule has 5 nitrogen and oxygen atoms in total. The third-order valence-electron chi connectivity index (χ3n) is 4.91. The van der Waals surface area contributed by atoms with Crippen LogP contribution < -0.4 is 10.1 Å². The van der Waals surface area contributed by atoms with Crippen LogP contribution in [-0.4, -0.2) is 24.6 Å². The molecule has 0 bridgehead atoms. The van der Waals surface area contributed by atoms with Crippen molar-refractivity contribution >= 4 is 23.2 Å². The number of benzene rings is 1. The average molecular weight is 343 g/mol. The van der Waals surface area contributed by atoms with E-state index in [2.05, 4.69) is 5.32 Å². The van der Waals surface area contributed by atoms with Crippen molar-refractivity contribution < 1.29 is 19.1 Å². The van der Waals surface area contributed by atoms with Crippen LogP contribution in [0, 0.1) is 11.8 Å². The van der Waals surface area contributed by atoms with Crippen LogP contribution in [0.3, 0.4) is 0 Å². The molecule has 0 heterocycles. The van der Waals surface area contributed by atoms with Crippen LogP contribution in [0.5, 0.6) is 5.75 Å². The zero-order valence-electron chi connectivity index (χ0n) is 15.2. The van der Waals surface area contributed by atoms with Gasteiger partial charge in [0.2, 0.25) is 5.91 Å². The third kappa shape index (κ3) is 4.16. The number of Topliss-reactive ketones (excluding diaryl/α,β-unsaturated/α-hetero) is 2. The predicted molar refractivity (Wildman–Crippen MR) is 96.5 cm³/mol. The average Bonchev–Trinajstić information content (AvgIpc) is 2.61. The zero-order chi connectivity index (χ0) is 18.6. The summed E-state index contributed by atoms with van der Waals surface area (Å²) < 4.78 is 5.20. The fourth-order valence-electron chi connectivity index (χ4n) is 3.10. The highest BCUT2D eigenvalue weighted by Crippen LogP contribution is 2.31. The molecule has 0 saturated heterocycles. The van der Waals surface area contributed by atoms with E-state index in [4.69, 9.17) is 4.74 Å². The summed E-state index contributed by atoms with van der Waals surface area (Å²) in [4.78, 5) is 36.7. The highest BCUT2D eigenvalue weighted by Gasteiger charge is 2.35. The van der Waals surface area contributed by atoms with Crippen LogP contribution in [0.2, 0.25) is 0 Å². The molecule has 134 valence electrons. The summed E-state index contributed by atoms with van der Waals surface area (Å²) in [5, 5.41) is 2.81. The largest absolute Gasteiger partial charge is 0.495 e.